The van der Waals surface area contributed by atoms with Gasteiger partial charge < -0.3 is 9.29 Å². The second-order valence-corrected chi connectivity index (χ2v) is 4.72. The van der Waals surface area contributed by atoms with Crippen LogP contribution >= 0.6 is 0 Å². The molecule has 16 heavy (non-hydrogen) atoms. The Kier molecular flexibility index (Phi) is 3.49. The van der Waals surface area contributed by atoms with Crippen molar-refractivity contribution in [3.05, 3.63) is 54.6 Å². The van der Waals surface area contributed by atoms with Crippen LogP contribution in [-0.2, 0) is 11.2 Å². The van der Waals surface area contributed by atoms with Gasteiger partial charge in [0.2, 0.25) is 0 Å². The Morgan fingerprint density at radius 3 is 2.00 bits per heavy atom. The van der Waals surface area contributed by atoms with E-state index < -0.39 is 11.2 Å². The van der Waals surface area contributed by atoms with Crippen molar-refractivity contribution in [3.63, 3.8) is 0 Å². The Balaban J connectivity index is 2.11. The van der Waals surface area contributed by atoms with E-state index in [9.17, 15) is 4.55 Å². The number of hydrogen-bond acceptors (Lipinski definition) is 2. The third-order valence-electron chi connectivity index (χ3n) is 2.13. The summed E-state index contributed by atoms with van der Waals surface area (Å²) in [6.07, 6.45) is 1.66. The van der Waals surface area contributed by atoms with E-state index in [1.165, 1.54) is 0 Å². The van der Waals surface area contributed by atoms with Crippen LogP contribution in [0, 0.1) is 0 Å². The van der Waals surface area contributed by atoms with E-state index in [-0.39, 0.29) is 0 Å². The van der Waals surface area contributed by atoms with E-state index in [1.807, 2.05) is 54.6 Å². The highest BCUT2D eigenvalue weighted by molar-refractivity contribution is 7.90. The van der Waals surface area contributed by atoms with E-state index in [2.05, 4.69) is 0 Å². The largest absolute Gasteiger partial charge is 0.612 e. The zero-order chi connectivity index (χ0) is 11.4. The predicted molar refractivity (Wildman–Crippen MR) is 65.3 cm³/mol. The minimum absolute atomic E-state index is 0.750. The van der Waals surface area contributed by atoms with Gasteiger partial charge in [0, 0.05) is 0 Å². The minimum Gasteiger partial charge on any atom is -0.612 e. The highest BCUT2D eigenvalue weighted by Crippen LogP contribution is 2.22. The summed E-state index contributed by atoms with van der Waals surface area (Å²) in [5, 5.41) is 0. The van der Waals surface area contributed by atoms with Crippen molar-refractivity contribution in [1.82, 2.24) is 0 Å². The molecule has 0 aliphatic rings. The summed E-state index contributed by atoms with van der Waals surface area (Å²) in [7, 11) is 0. The summed E-state index contributed by atoms with van der Waals surface area (Å²) in [4.78, 5) is 0.806. The Morgan fingerprint density at radius 1 is 0.875 bits per heavy atom. The second-order valence-electron chi connectivity index (χ2n) is 3.34. The van der Waals surface area contributed by atoms with Gasteiger partial charge in [0.1, 0.15) is 17.8 Å². The third kappa shape index (κ3) is 2.78. The fourth-order valence-corrected chi connectivity index (χ4v) is 1.84. The summed E-state index contributed by atoms with van der Waals surface area (Å²) < 4.78 is 16.8. The zero-order valence-electron chi connectivity index (χ0n) is 8.92. The van der Waals surface area contributed by atoms with Crippen LogP contribution in [0.15, 0.2) is 59.5 Å². The van der Waals surface area contributed by atoms with E-state index in [1.54, 1.807) is 6.26 Å². The van der Waals surface area contributed by atoms with Gasteiger partial charge in [-0.1, -0.05) is 18.2 Å². The summed E-state index contributed by atoms with van der Waals surface area (Å²) in [5.74, 6) is 1.55. The molecule has 2 nitrogen and oxygen atoms in total. The first kappa shape index (κ1) is 11.0. The average molecular weight is 232 g/mol. The fraction of sp³-hybridized carbons (Fsp3) is 0.0769. The van der Waals surface area contributed by atoms with E-state index in [0.29, 0.717) is 0 Å². The molecule has 0 heterocycles. The normalized spacial score (nSPS) is 12.1. The smallest absolute Gasteiger partial charge is 0.152 e. The van der Waals surface area contributed by atoms with Gasteiger partial charge in [-0.2, -0.15) is 0 Å². The summed E-state index contributed by atoms with van der Waals surface area (Å²) in [5.41, 5.74) is 0. The number of benzene rings is 2. The number of ether oxygens (including phenoxy) is 1. The zero-order valence-corrected chi connectivity index (χ0v) is 9.74. The third-order valence-corrected chi connectivity index (χ3v) is 3.07. The van der Waals surface area contributed by atoms with Gasteiger partial charge in [0.25, 0.3) is 0 Å². The molecule has 2 aromatic rings. The first-order valence-corrected chi connectivity index (χ1v) is 6.48. The lowest BCUT2D eigenvalue weighted by Crippen LogP contribution is -1.96. The van der Waals surface area contributed by atoms with E-state index in [0.717, 1.165) is 16.4 Å². The van der Waals surface area contributed by atoms with E-state index >= 15 is 0 Å². The molecule has 2 rings (SSSR count). The molecule has 0 bridgehead atoms. The molecule has 0 amide bonds. The van der Waals surface area contributed by atoms with Crippen molar-refractivity contribution in [2.75, 3.05) is 6.26 Å². The molecule has 0 fully saturated rings. The molecule has 3 heteroatoms. The maximum Gasteiger partial charge on any atom is 0.152 e. The molecule has 0 aliphatic heterocycles. The molecular formula is C13H12O2S. The second kappa shape index (κ2) is 5.05. The van der Waals surface area contributed by atoms with Crippen molar-refractivity contribution in [1.29, 1.82) is 0 Å². The molecular weight excluding hydrogens is 220 g/mol. The van der Waals surface area contributed by atoms with Crippen molar-refractivity contribution in [3.8, 4) is 11.5 Å². The Morgan fingerprint density at radius 2 is 1.44 bits per heavy atom. The van der Waals surface area contributed by atoms with Crippen LogP contribution in [-0.4, -0.2) is 10.8 Å². The average Bonchev–Trinajstić information content (AvgIpc) is 2.31. The lowest BCUT2D eigenvalue weighted by Gasteiger charge is -2.07. The number of hydrogen-bond donors (Lipinski definition) is 0. The van der Waals surface area contributed by atoms with Crippen LogP contribution < -0.4 is 4.74 Å². The molecule has 82 valence electrons. The van der Waals surface area contributed by atoms with Crippen LogP contribution in [0.2, 0.25) is 0 Å². The molecule has 0 radical (unpaired) electrons. The molecule has 0 saturated heterocycles. The van der Waals surface area contributed by atoms with Crippen molar-refractivity contribution < 1.29 is 9.29 Å². The van der Waals surface area contributed by atoms with Gasteiger partial charge in [0.05, 0.1) is 0 Å². The Labute approximate surface area is 98.1 Å². The molecule has 1 unspecified atom stereocenters. The topological polar surface area (TPSA) is 32.3 Å². The maximum atomic E-state index is 11.2. The highest BCUT2D eigenvalue weighted by Gasteiger charge is 2.03. The quantitative estimate of drug-likeness (QED) is 0.761. The van der Waals surface area contributed by atoms with Gasteiger partial charge in [-0.05, 0) is 47.6 Å². The number of rotatable bonds is 3. The first-order chi connectivity index (χ1) is 7.75. The van der Waals surface area contributed by atoms with Crippen LogP contribution in [0.5, 0.6) is 11.5 Å². The Bertz CT molecular complexity index is 437. The van der Waals surface area contributed by atoms with Gasteiger partial charge in [0.15, 0.2) is 4.90 Å². The highest BCUT2D eigenvalue weighted by atomic mass is 32.2. The lowest BCUT2D eigenvalue weighted by atomic mass is 10.3. The van der Waals surface area contributed by atoms with Gasteiger partial charge in [-0.15, -0.1) is 0 Å². The molecule has 0 N–H and O–H groups in total. The van der Waals surface area contributed by atoms with Crippen molar-refractivity contribution in [2.45, 2.75) is 4.90 Å². The fourth-order valence-electron chi connectivity index (χ4n) is 1.32. The lowest BCUT2D eigenvalue weighted by molar-refractivity contribution is 0.482. The monoisotopic (exact) mass is 232 g/mol. The molecule has 0 aliphatic carbocycles. The van der Waals surface area contributed by atoms with Crippen LogP contribution in [0.4, 0.5) is 0 Å². The summed E-state index contributed by atoms with van der Waals surface area (Å²) in [6.45, 7) is 0. The summed E-state index contributed by atoms with van der Waals surface area (Å²) >= 11 is -0.939. The molecule has 2 aromatic carbocycles. The van der Waals surface area contributed by atoms with Gasteiger partial charge >= 0.3 is 0 Å². The Hall–Kier alpha value is -1.45. The van der Waals surface area contributed by atoms with Gasteiger partial charge in [-0.3, -0.25) is 0 Å². The predicted octanol–water partition coefficient (Wildman–Crippen LogP) is 3.22. The molecule has 1 atom stereocenters. The van der Waals surface area contributed by atoms with Gasteiger partial charge in [-0.25, -0.2) is 0 Å². The van der Waals surface area contributed by atoms with Crippen LogP contribution in [0.25, 0.3) is 0 Å². The molecule has 0 spiro atoms. The van der Waals surface area contributed by atoms with Crippen LogP contribution in [0.1, 0.15) is 0 Å². The van der Waals surface area contributed by atoms with Crippen LogP contribution in [0.3, 0.4) is 0 Å². The molecule has 0 aromatic heterocycles. The van der Waals surface area contributed by atoms with E-state index in [4.69, 9.17) is 4.74 Å². The van der Waals surface area contributed by atoms with Crippen molar-refractivity contribution in [2.24, 2.45) is 0 Å². The van der Waals surface area contributed by atoms with Crippen molar-refractivity contribution >= 4 is 11.2 Å². The number of para-hydroxylation sites is 1. The minimum atomic E-state index is -0.939. The SMILES string of the molecule is C[S+]([O-])c1ccc(Oc2ccccc2)cc1. The first-order valence-electron chi connectivity index (χ1n) is 4.92. The maximum absolute atomic E-state index is 11.2. The standard InChI is InChI=1S/C13H12O2S/c1-16(14)13-9-7-12(8-10-13)15-11-5-3-2-4-6-11/h2-10H,1H3. The molecule has 0 saturated carbocycles. The summed E-state index contributed by atoms with van der Waals surface area (Å²) in [6, 6.07) is 16.8.